The van der Waals surface area contributed by atoms with E-state index in [4.69, 9.17) is 27.9 Å². The monoisotopic (exact) mass is 652 g/mol. The summed E-state index contributed by atoms with van der Waals surface area (Å²) in [5.41, 5.74) is -0.342. The number of nitro groups is 1. The van der Waals surface area contributed by atoms with Crippen molar-refractivity contribution >= 4 is 58.0 Å². The highest BCUT2D eigenvalue weighted by atomic mass is 35.5. The number of likely N-dealkylation sites (tertiary alicyclic amines) is 1. The number of rotatable bonds is 6. The fraction of sp³-hybridized carbons (Fsp3) is 0.344. The molecule has 232 valence electrons. The lowest BCUT2D eigenvalue weighted by molar-refractivity contribution is -0.384. The average Bonchev–Trinajstić information content (AvgIpc) is 3.73. The van der Waals surface area contributed by atoms with E-state index < -0.39 is 51.7 Å². The normalized spacial score (nSPS) is 25.7. The summed E-state index contributed by atoms with van der Waals surface area (Å²) in [5, 5.41) is 15.5. The fourth-order valence-corrected chi connectivity index (χ4v) is 7.87. The first kappa shape index (κ1) is 29.6. The van der Waals surface area contributed by atoms with E-state index in [1.165, 1.54) is 30.2 Å². The lowest BCUT2D eigenvalue weighted by Gasteiger charge is -2.46. The second kappa shape index (κ2) is 10.8. The van der Waals surface area contributed by atoms with Crippen LogP contribution in [0.1, 0.15) is 40.2 Å². The van der Waals surface area contributed by atoms with E-state index in [1.807, 2.05) is 11.0 Å². The molecule has 10 nitrogen and oxygen atoms in total. The first-order valence-electron chi connectivity index (χ1n) is 14.5. The standard InChI is InChI=1S/C32H27Cl2FN4O6/c1-45-30(41)17-8-10-23(24(11-17)39(43)44)37-15-25-26(29(37)40)27(20-3-2-4-21(34)28(20)35)32(38(25)14-16-5-6-16)13-18-7-9-19(33)12-22(18)36-31(32)42/h2-4,7-12,16,25-27H,5-6,13-15H2,1H3,(H,36,42)/t25-,26+,27-,32+/m0/s1. The minimum Gasteiger partial charge on any atom is -0.465 e. The van der Waals surface area contributed by atoms with E-state index in [0.29, 0.717) is 17.3 Å². The van der Waals surface area contributed by atoms with Crippen molar-refractivity contribution in [3.63, 3.8) is 0 Å². The number of benzene rings is 3. The molecule has 0 aromatic heterocycles. The van der Waals surface area contributed by atoms with Crippen LogP contribution in [0.15, 0.2) is 54.6 Å². The Morgan fingerprint density at radius 2 is 1.93 bits per heavy atom. The maximum atomic E-state index is 16.0. The zero-order valence-electron chi connectivity index (χ0n) is 24.0. The molecule has 3 aromatic rings. The summed E-state index contributed by atoms with van der Waals surface area (Å²) in [7, 11) is 1.17. The van der Waals surface area contributed by atoms with E-state index in [9.17, 15) is 24.5 Å². The Bertz CT molecular complexity index is 1800. The van der Waals surface area contributed by atoms with Crippen molar-refractivity contribution < 1.29 is 28.4 Å². The highest BCUT2D eigenvalue weighted by Crippen LogP contribution is 2.58. The van der Waals surface area contributed by atoms with Gasteiger partial charge in [0.1, 0.15) is 17.0 Å². The van der Waals surface area contributed by atoms with Crippen LogP contribution in [0.2, 0.25) is 10.0 Å². The number of methoxy groups -OCH3 is 1. The van der Waals surface area contributed by atoms with E-state index in [0.717, 1.165) is 24.5 Å². The van der Waals surface area contributed by atoms with Gasteiger partial charge in [0, 0.05) is 48.2 Å². The molecule has 2 amide bonds. The number of hydrogen-bond acceptors (Lipinski definition) is 7. The van der Waals surface area contributed by atoms with Gasteiger partial charge in [-0.15, -0.1) is 0 Å². The first-order valence-corrected chi connectivity index (χ1v) is 15.3. The number of halogens is 3. The van der Waals surface area contributed by atoms with Crippen LogP contribution < -0.4 is 10.2 Å². The molecule has 4 aliphatic rings. The molecule has 7 rings (SSSR count). The highest BCUT2D eigenvalue weighted by Gasteiger charge is 2.69. The number of nitrogens with zero attached hydrogens (tertiary/aromatic N) is 3. The summed E-state index contributed by atoms with van der Waals surface area (Å²) in [6.07, 6.45) is 2.10. The minimum atomic E-state index is -1.35. The number of fused-ring (bicyclic) bond motifs is 2. The van der Waals surface area contributed by atoms with Crippen LogP contribution in [-0.2, 0) is 20.7 Å². The van der Waals surface area contributed by atoms with Gasteiger partial charge in [-0.1, -0.05) is 41.4 Å². The van der Waals surface area contributed by atoms with Gasteiger partial charge in [-0.25, -0.2) is 9.18 Å². The second-order valence-electron chi connectivity index (χ2n) is 12.1. The largest absolute Gasteiger partial charge is 0.465 e. The molecule has 1 saturated carbocycles. The van der Waals surface area contributed by atoms with Crippen molar-refractivity contribution in [3.05, 3.63) is 97.3 Å². The summed E-state index contributed by atoms with van der Waals surface area (Å²) in [6, 6.07) is 13.0. The van der Waals surface area contributed by atoms with Gasteiger partial charge in [-0.05, 0) is 60.2 Å². The van der Waals surface area contributed by atoms with Crippen molar-refractivity contribution in [2.24, 2.45) is 11.8 Å². The number of carbonyl (C=O) groups excluding carboxylic acids is 3. The summed E-state index contributed by atoms with van der Waals surface area (Å²) < 4.78 is 20.8. The molecule has 2 saturated heterocycles. The predicted molar refractivity (Wildman–Crippen MR) is 164 cm³/mol. The zero-order valence-corrected chi connectivity index (χ0v) is 25.5. The van der Waals surface area contributed by atoms with Gasteiger partial charge in [-0.2, -0.15) is 0 Å². The van der Waals surface area contributed by atoms with Crippen LogP contribution >= 0.6 is 23.2 Å². The summed E-state index contributed by atoms with van der Waals surface area (Å²) in [6.45, 7) is 0.510. The molecule has 3 aliphatic heterocycles. The van der Waals surface area contributed by atoms with E-state index in [2.05, 4.69) is 5.32 Å². The average molecular weight is 653 g/mol. The molecule has 45 heavy (non-hydrogen) atoms. The quantitative estimate of drug-likeness (QED) is 0.209. The Morgan fingerprint density at radius 3 is 2.64 bits per heavy atom. The van der Waals surface area contributed by atoms with Crippen LogP contribution in [0.4, 0.5) is 21.5 Å². The Balaban J connectivity index is 1.40. The number of ether oxygens (including phenoxy) is 1. The molecule has 0 unspecified atom stereocenters. The molecule has 13 heteroatoms. The molecule has 3 aromatic carbocycles. The molecule has 3 heterocycles. The van der Waals surface area contributed by atoms with Crippen molar-refractivity contribution in [3.8, 4) is 0 Å². The topological polar surface area (TPSA) is 122 Å². The fourth-order valence-electron chi connectivity index (χ4n) is 7.52. The van der Waals surface area contributed by atoms with Gasteiger partial charge in [0.15, 0.2) is 0 Å². The molecule has 1 spiro atoms. The Morgan fingerprint density at radius 1 is 1.16 bits per heavy atom. The SMILES string of the molecule is COC(=O)c1ccc(N2C[C@H]3[C@@H](C2=O)[C@H](c2cccc(Cl)c2F)[C@@]2(Cc4ccc(Cl)cc4NC2=O)N3CC2CC2)c([N+](=O)[O-])c1. The second-order valence-corrected chi connectivity index (χ2v) is 12.9. The minimum absolute atomic E-state index is 0.00544. The third kappa shape index (κ3) is 4.59. The van der Waals surface area contributed by atoms with Crippen LogP contribution in [0.5, 0.6) is 0 Å². The third-order valence-electron chi connectivity index (χ3n) is 9.65. The Kier molecular flexibility index (Phi) is 7.10. The Labute approximate surface area is 267 Å². The van der Waals surface area contributed by atoms with Crippen LogP contribution in [-0.4, -0.2) is 59.4 Å². The molecule has 3 fully saturated rings. The van der Waals surface area contributed by atoms with Crippen molar-refractivity contribution in [1.82, 2.24) is 4.90 Å². The van der Waals surface area contributed by atoms with E-state index in [-0.39, 0.29) is 46.6 Å². The Hall–Kier alpha value is -4.06. The summed E-state index contributed by atoms with van der Waals surface area (Å²) in [4.78, 5) is 56.0. The van der Waals surface area contributed by atoms with Gasteiger partial charge in [0.2, 0.25) is 11.8 Å². The number of nitrogens with one attached hydrogen (secondary N) is 1. The third-order valence-corrected chi connectivity index (χ3v) is 10.2. The molecular formula is C32H27Cl2FN4O6. The van der Waals surface area contributed by atoms with Crippen molar-refractivity contribution in [2.75, 3.05) is 30.4 Å². The molecular weight excluding hydrogens is 626 g/mol. The van der Waals surface area contributed by atoms with E-state index in [1.54, 1.807) is 24.3 Å². The number of esters is 1. The lowest BCUT2D eigenvalue weighted by Crippen LogP contribution is -2.62. The van der Waals surface area contributed by atoms with Crippen LogP contribution in [0.3, 0.4) is 0 Å². The van der Waals surface area contributed by atoms with Gasteiger partial charge in [-0.3, -0.25) is 24.6 Å². The predicted octanol–water partition coefficient (Wildman–Crippen LogP) is 5.60. The van der Waals surface area contributed by atoms with E-state index >= 15 is 4.39 Å². The maximum Gasteiger partial charge on any atom is 0.338 e. The number of amides is 2. The number of nitro benzene ring substituents is 1. The molecule has 1 aliphatic carbocycles. The van der Waals surface area contributed by atoms with Gasteiger partial charge < -0.3 is 15.0 Å². The van der Waals surface area contributed by atoms with Crippen LogP contribution in [0, 0.1) is 27.8 Å². The van der Waals surface area contributed by atoms with Crippen molar-refractivity contribution in [1.29, 1.82) is 0 Å². The summed E-state index contributed by atoms with van der Waals surface area (Å²) >= 11 is 12.5. The van der Waals surface area contributed by atoms with Gasteiger partial charge >= 0.3 is 5.97 Å². The number of carbonyl (C=O) groups is 3. The van der Waals surface area contributed by atoms with Gasteiger partial charge in [0.05, 0.1) is 28.5 Å². The molecule has 1 N–H and O–H groups in total. The molecule has 0 bridgehead atoms. The molecule has 4 atom stereocenters. The highest BCUT2D eigenvalue weighted by molar-refractivity contribution is 6.31. The zero-order chi connectivity index (χ0) is 31.8. The molecule has 0 radical (unpaired) electrons. The lowest BCUT2D eigenvalue weighted by atomic mass is 9.69. The number of hydrogen-bond donors (Lipinski definition) is 1. The summed E-state index contributed by atoms with van der Waals surface area (Å²) in [5.74, 6) is -3.96. The van der Waals surface area contributed by atoms with Crippen molar-refractivity contribution in [2.45, 2.75) is 36.8 Å². The van der Waals surface area contributed by atoms with Gasteiger partial charge in [0.25, 0.3) is 5.69 Å². The van der Waals surface area contributed by atoms with Crippen LogP contribution in [0.25, 0.3) is 0 Å². The number of anilines is 2. The smallest absolute Gasteiger partial charge is 0.338 e. The maximum absolute atomic E-state index is 16.0. The first-order chi connectivity index (χ1) is 21.5.